The molecule has 0 aliphatic rings. The molecule has 7 heteroatoms. The number of ether oxygens (including phenoxy) is 1. The van der Waals surface area contributed by atoms with Crippen LogP contribution in [-0.4, -0.2) is 28.6 Å². The number of hydrogen-bond acceptors (Lipinski definition) is 5. The molecule has 0 aliphatic carbocycles. The van der Waals surface area contributed by atoms with Crippen LogP contribution in [0, 0.1) is 0 Å². The second-order valence-corrected chi connectivity index (χ2v) is 4.48. The number of ketones is 1. The van der Waals surface area contributed by atoms with Gasteiger partial charge in [-0.1, -0.05) is 11.6 Å². The van der Waals surface area contributed by atoms with E-state index in [1.165, 1.54) is 18.7 Å². The summed E-state index contributed by atoms with van der Waals surface area (Å²) in [5, 5.41) is 4.63. The molecule has 0 amide bonds. The summed E-state index contributed by atoms with van der Waals surface area (Å²) >= 11 is 5.81. The van der Waals surface area contributed by atoms with Crippen molar-refractivity contribution in [3.63, 3.8) is 0 Å². The van der Waals surface area contributed by atoms with E-state index in [1.54, 1.807) is 24.3 Å². The van der Waals surface area contributed by atoms with Crippen molar-refractivity contribution in [3.05, 3.63) is 40.5 Å². The summed E-state index contributed by atoms with van der Waals surface area (Å²) < 4.78 is 5.94. The van der Waals surface area contributed by atoms with Crippen LogP contribution in [0.1, 0.15) is 27.8 Å². The van der Waals surface area contributed by atoms with Crippen LogP contribution in [-0.2, 0) is 4.74 Å². The number of nitrogens with two attached hydrogens (primary N) is 1. The monoisotopic (exact) mass is 293 g/mol. The first-order valence-corrected chi connectivity index (χ1v) is 6.07. The van der Waals surface area contributed by atoms with Crippen LogP contribution in [0.3, 0.4) is 0 Å². The van der Waals surface area contributed by atoms with Gasteiger partial charge in [0, 0.05) is 11.9 Å². The molecule has 104 valence electrons. The Morgan fingerprint density at radius 3 is 2.40 bits per heavy atom. The fraction of sp³-hybridized carbons (Fsp3) is 0.154. The van der Waals surface area contributed by atoms with Crippen molar-refractivity contribution >= 4 is 29.2 Å². The van der Waals surface area contributed by atoms with Gasteiger partial charge in [-0.15, -0.1) is 0 Å². The maximum Gasteiger partial charge on any atom is 0.344 e. The fourth-order valence-corrected chi connectivity index (χ4v) is 1.89. The molecule has 0 aliphatic heterocycles. The van der Waals surface area contributed by atoms with E-state index >= 15 is 0 Å². The number of carbonyl (C=O) groups is 2. The molecule has 2 aromatic rings. The highest BCUT2D eigenvalue weighted by molar-refractivity contribution is 6.30. The maximum atomic E-state index is 11.7. The molecule has 6 nitrogen and oxygen atoms in total. The van der Waals surface area contributed by atoms with E-state index in [0.717, 1.165) is 0 Å². The molecule has 20 heavy (non-hydrogen) atoms. The smallest absolute Gasteiger partial charge is 0.344 e. The molecule has 0 unspecified atom stereocenters. The van der Waals surface area contributed by atoms with Gasteiger partial charge in [-0.25, -0.2) is 9.48 Å². The summed E-state index contributed by atoms with van der Waals surface area (Å²) in [6, 6.07) is 6.67. The third-order valence-electron chi connectivity index (χ3n) is 2.72. The van der Waals surface area contributed by atoms with Crippen LogP contribution in [0.2, 0.25) is 5.02 Å². The minimum absolute atomic E-state index is 0.0238. The lowest BCUT2D eigenvalue weighted by atomic mass is 10.2. The van der Waals surface area contributed by atoms with Crippen molar-refractivity contribution in [2.24, 2.45) is 0 Å². The molecule has 0 spiro atoms. The molecule has 0 fully saturated rings. The zero-order chi connectivity index (χ0) is 14.9. The largest absolute Gasteiger partial charge is 0.465 e. The average molecular weight is 294 g/mol. The predicted octanol–water partition coefficient (Wildman–Crippen LogP) is 2.10. The Morgan fingerprint density at radius 1 is 1.30 bits per heavy atom. The van der Waals surface area contributed by atoms with Gasteiger partial charge < -0.3 is 10.5 Å². The van der Waals surface area contributed by atoms with Gasteiger partial charge in [-0.05, 0) is 24.3 Å². The lowest BCUT2D eigenvalue weighted by Gasteiger charge is -2.04. The first kappa shape index (κ1) is 14.1. The number of Topliss-reactive ketones (excluding diaryl/α,β-unsaturated/α-hetero) is 1. The van der Waals surface area contributed by atoms with Crippen LogP contribution in [0.4, 0.5) is 5.82 Å². The summed E-state index contributed by atoms with van der Waals surface area (Å²) in [5.74, 6) is -1.03. The van der Waals surface area contributed by atoms with E-state index in [0.29, 0.717) is 10.7 Å². The quantitative estimate of drug-likeness (QED) is 0.691. The third kappa shape index (κ3) is 2.37. The van der Waals surface area contributed by atoms with E-state index in [2.05, 4.69) is 9.84 Å². The Labute approximate surface area is 120 Å². The maximum absolute atomic E-state index is 11.7. The molecule has 0 radical (unpaired) electrons. The predicted molar refractivity (Wildman–Crippen MR) is 74.3 cm³/mol. The highest BCUT2D eigenvalue weighted by atomic mass is 35.5. The number of aromatic nitrogens is 2. The number of anilines is 1. The van der Waals surface area contributed by atoms with Crippen molar-refractivity contribution in [2.75, 3.05) is 12.8 Å². The van der Waals surface area contributed by atoms with Gasteiger partial charge in [-0.2, -0.15) is 5.10 Å². The van der Waals surface area contributed by atoms with E-state index in [-0.39, 0.29) is 22.9 Å². The number of methoxy groups -OCH3 is 1. The fourth-order valence-electron chi connectivity index (χ4n) is 1.76. The van der Waals surface area contributed by atoms with Gasteiger partial charge in [0.15, 0.2) is 5.78 Å². The Hall–Kier alpha value is -2.34. The Balaban J connectivity index is 2.64. The van der Waals surface area contributed by atoms with Crippen LogP contribution < -0.4 is 5.73 Å². The number of hydrogen-bond donors (Lipinski definition) is 1. The zero-order valence-corrected chi connectivity index (χ0v) is 11.6. The summed E-state index contributed by atoms with van der Waals surface area (Å²) in [6.07, 6.45) is 0. The molecule has 1 aromatic carbocycles. The van der Waals surface area contributed by atoms with Crippen molar-refractivity contribution in [2.45, 2.75) is 6.92 Å². The van der Waals surface area contributed by atoms with Crippen LogP contribution >= 0.6 is 11.6 Å². The Bertz CT molecular complexity index is 677. The van der Waals surface area contributed by atoms with Gasteiger partial charge in [0.2, 0.25) is 0 Å². The first-order chi connectivity index (χ1) is 9.45. The highest BCUT2D eigenvalue weighted by Crippen LogP contribution is 2.23. The van der Waals surface area contributed by atoms with Gasteiger partial charge in [0.05, 0.1) is 12.8 Å². The van der Waals surface area contributed by atoms with Crippen LogP contribution in [0.5, 0.6) is 0 Å². The lowest BCUT2D eigenvalue weighted by molar-refractivity contribution is 0.0598. The molecule has 2 N–H and O–H groups in total. The Morgan fingerprint density at radius 2 is 1.90 bits per heavy atom. The first-order valence-electron chi connectivity index (χ1n) is 5.69. The Kier molecular flexibility index (Phi) is 3.76. The standard InChI is InChI=1S/C13H12ClN3O3/c1-7(18)11-10(13(19)20-2)12(15)17(16-11)9-5-3-8(14)4-6-9/h3-6H,15H2,1-2H3. The molecule has 0 atom stereocenters. The topological polar surface area (TPSA) is 87.2 Å². The summed E-state index contributed by atoms with van der Waals surface area (Å²) in [6.45, 7) is 1.31. The normalized spacial score (nSPS) is 10.3. The number of carbonyl (C=O) groups excluding carboxylic acids is 2. The molecular formula is C13H12ClN3O3. The minimum Gasteiger partial charge on any atom is -0.465 e. The van der Waals surface area contributed by atoms with E-state index in [9.17, 15) is 9.59 Å². The number of esters is 1. The molecule has 1 aromatic heterocycles. The highest BCUT2D eigenvalue weighted by Gasteiger charge is 2.25. The third-order valence-corrected chi connectivity index (χ3v) is 2.97. The van der Waals surface area contributed by atoms with Crippen molar-refractivity contribution in [1.82, 2.24) is 9.78 Å². The molecule has 2 rings (SSSR count). The number of halogens is 1. The number of nitrogen functional groups attached to an aromatic ring is 1. The minimum atomic E-state index is -0.701. The van der Waals surface area contributed by atoms with Gasteiger partial charge in [-0.3, -0.25) is 4.79 Å². The molecule has 0 saturated carbocycles. The summed E-state index contributed by atoms with van der Waals surface area (Å²) in [7, 11) is 1.21. The van der Waals surface area contributed by atoms with Crippen molar-refractivity contribution in [3.8, 4) is 5.69 Å². The van der Waals surface area contributed by atoms with Gasteiger partial charge >= 0.3 is 5.97 Å². The molecule has 0 saturated heterocycles. The SMILES string of the molecule is COC(=O)c1c(C(C)=O)nn(-c2ccc(Cl)cc2)c1N. The zero-order valence-electron chi connectivity index (χ0n) is 10.9. The second-order valence-electron chi connectivity index (χ2n) is 4.04. The van der Waals surface area contributed by atoms with E-state index < -0.39 is 5.97 Å². The van der Waals surface area contributed by atoms with Crippen molar-refractivity contribution < 1.29 is 14.3 Å². The summed E-state index contributed by atoms with van der Waals surface area (Å²) in [5.41, 5.74) is 6.43. The van der Waals surface area contributed by atoms with E-state index in [1.807, 2.05) is 0 Å². The second kappa shape index (κ2) is 5.34. The number of benzene rings is 1. The summed E-state index contributed by atoms with van der Waals surface area (Å²) in [4.78, 5) is 23.3. The van der Waals surface area contributed by atoms with Crippen LogP contribution in [0.25, 0.3) is 5.69 Å². The van der Waals surface area contributed by atoms with Gasteiger partial charge in [0.25, 0.3) is 0 Å². The average Bonchev–Trinajstić information content (AvgIpc) is 2.77. The lowest BCUT2D eigenvalue weighted by Crippen LogP contribution is -2.09. The van der Waals surface area contributed by atoms with E-state index in [4.69, 9.17) is 17.3 Å². The van der Waals surface area contributed by atoms with Gasteiger partial charge in [0.1, 0.15) is 17.1 Å². The number of rotatable bonds is 3. The number of nitrogens with zero attached hydrogens (tertiary/aromatic N) is 2. The molecule has 0 bridgehead atoms. The molecular weight excluding hydrogens is 282 g/mol. The van der Waals surface area contributed by atoms with Crippen molar-refractivity contribution in [1.29, 1.82) is 0 Å². The molecule has 1 heterocycles. The van der Waals surface area contributed by atoms with Crippen LogP contribution in [0.15, 0.2) is 24.3 Å².